The minimum Gasteiger partial charge on any atom is -0.243 e. The molecule has 72 valence electrons. The maximum atomic E-state index is 13.6. The molecule has 12 heavy (non-hydrogen) atoms. The van der Waals surface area contributed by atoms with Gasteiger partial charge in [-0.25, -0.2) is 12.8 Å². The Labute approximate surface area is 73.1 Å². The summed E-state index contributed by atoms with van der Waals surface area (Å²) in [6, 6.07) is 0. The van der Waals surface area contributed by atoms with Crippen molar-refractivity contribution in [1.82, 2.24) is 0 Å². The van der Waals surface area contributed by atoms with E-state index in [4.69, 9.17) is 0 Å². The predicted molar refractivity (Wildman–Crippen MR) is 46.6 cm³/mol. The summed E-state index contributed by atoms with van der Waals surface area (Å²) in [5.74, 6) is -0.298. The van der Waals surface area contributed by atoms with Gasteiger partial charge in [0.2, 0.25) is 0 Å². The summed E-state index contributed by atoms with van der Waals surface area (Å²) >= 11 is 0. The highest BCUT2D eigenvalue weighted by Crippen LogP contribution is 2.30. The van der Waals surface area contributed by atoms with Gasteiger partial charge < -0.3 is 0 Å². The van der Waals surface area contributed by atoms with E-state index in [0.29, 0.717) is 12.8 Å². The van der Waals surface area contributed by atoms with Crippen LogP contribution in [0.25, 0.3) is 0 Å². The SMILES string of the molecule is CC1CCCS(=O)(=O)CC1(C)F. The first kappa shape index (κ1) is 9.96. The van der Waals surface area contributed by atoms with Crippen molar-refractivity contribution in [2.75, 3.05) is 11.5 Å². The average Bonchev–Trinajstić information content (AvgIpc) is 1.90. The van der Waals surface area contributed by atoms with Crippen LogP contribution in [0.4, 0.5) is 4.39 Å². The van der Waals surface area contributed by atoms with Crippen LogP contribution in [0, 0.1) is 5.92 Å². The molecule has 4 heteroatoms. The predicted octanol–water partition coefficient (Wildman–Crippen LogP) is 1.56. The van der Waals surface area contributed by atoms with Gasteiger partial charge in [-0.05, 0) is 25.7 Å². The first-order chi connectivity index (χ1) is 5.33. The van der Waals surface area contributed by atoms with Crippen LogP contribution in [0.2, 0.25) is 0 Å². The molecule has 0 aromatic carbocycles. The molecule has 1 aliphatic rings. The largest absolute Gasteiger partial charge is 0.243 e. The number of hydrogen-bond donors (Lipinski definition) is 0. The molecule has 0 spiro atoms. The van der Waals surface area contributed by atoms with Gasteiger partial charge in [-0.3, -0.25) is 0 Å². The third kappa shape index (κ3) is 2.19. The second-order valence-corrected chi connectivity index (χ2v) is 6.10. The number of alkyl halides is 1. The fourth-order valence-electron chi connectivity index (χ4n) is 1.55. The van der Waals surface area contributed by atoms with Crippen molar-refractivity contribution < 1.29 is 12.8 Å². The number of rotatable bonds is 0. The molecule has 0 aliphatic carbocycles. The molecule has 1 fully saturated rings. The van der Waals surface area contributed by atoms with Crippen molar-refractivity contribution in [2.24, 2.45) is 5.92 Å². The molecule has 1 saturated heterocycles. The molecule has 1 rings (SSSR count). The number of hydrogen-bond acceptors (Lipinski definition) is 2. The highest BCUT2D eigenvalue weighted by atomic mass is 32.2. The van der Waals surface area contributed by atoms with Crippen LogP contribution in [0.1, 0.15) is 26.7 Å². The van der Waals surface area contributed by atoms with Gasteiger partial charge in [0.15, 0.2) is 9.84 Å². The lowest BCUT2D eigenvalue weighted by molar-refractivity contribution is 0.136. The van der Waals surface area contributed by atoms with Crippen LogP contribution in [0.15, 0.2) is 0 Å². The van der Waals surface area contributed by atoms with Gasteiger partial charge in [-0.15, -0.1) is 0 Å². The minimum atomic E-state index is -3.13. The Morgan fingerprint density at radius 3 is 2.67 bits per heavy atom. The van der Waals surface area contributed by atoms with Gasteiger partial charge in [0.25, 0.3) is 0 Å². The van der Waals surface area contributed by atoms with Gasteiger partial charge in [-0.1, -0.05) is 6.92 Å². The smallest absolute Gasteiger partial charge is 0.153 e. The van der Waals surface area contributed by atoms with Gasteiger partial charge in [0.1, 0.15) is 5.67 Å². The first-order valence-corrected chi connectivity index (χ1v) is 6.05. The van der Waals surface area contributed by atoms with Gasteiger partial charge >= 0.3 is 0 Å². The number of sulfone groups is 1. The molecule has 0 amide bonds. The highest BCUT2D eigenvalue weighted by molar-refractivity contribution is 7.91. The Bertz CT molecular complexity index is 256. The highest BCUT2D eigenvalue weighted by Gasteiger charge is 2.38. The van der Waals surface area contributed by atoms with Crippen molar-refractivity contribution in [3.8, 4) is 0 Å². The first-order valence-electron chi connectivity index (χ1n) is 4.23. The van der Waals surface area contributed by atoms with E-state index in [1.165, 1.54) is 6.92 Å². The zero-order valence-electron chi connectivity index (χ0n) is 7.51. The van der Waals surface area contributed by atoms with E-state index < -0.39 is 15.5 Å². The molecule has 1 heterocycles. The summed E-state index contributed by atoms with van der Waals surface area (Å²) in [7, 11) is -3.13. The van der Waals surface area contributed by atoms with E-state index in [0.717, 1.165) is 0 Å². The van der Waals surface area contributed by atoms with E-state index in [-0.39, 0.29) is 17.4 Å². The van der Waals surface area contributed by atoms with E-state index >= 15 is 0 Å². The molecule has 0 saturated carbocycles. The van der Waals surface area contributed by atoms with Crippen molar-refractivity contribution in [1.29, 1.82) is 0 Å². The van der Waals surface area contributed by atoms with Crippen molar-refractivity contribution >= 4 is 9.84 Å². The Hall–Kier alpha value is -0.120. The quantitative estimate of drug-likeness (QED) is 0.586. The van der Waals surface area contributed by atoms with Crippen LogP contribution < -0.4 is 0 Å². The van der Waals surface area contributed by atoms with Gasteiger partial charge in [0.05, 0.1) is 11.5 Å². The zero-order chi connectivity index (χ0) is 9.41. The summed E-state index contributed by atoms with van der Waals surface area (Å²) in [6.07, 6.45) is 1.27. The van der Waals surface area contributed by atoms with Crippen LogP contribution in [0.3, 0.4) is 0 Å². The molecule has 0 bridgehead atoms. The van der Waals surface area contributed by atoms with E-state index in [2.05, 4.69) is 0 Å². The fraction of sp³-hybridized carbons (Fsp3) is 1.00. The summed E-state index contributed by atoms with van der Waals surface area (Å²) in [4.78, 5) is 0. The second-order valence-electron chi connectivity index (χ2n) is 3.91. The summed E-state index contributed by atoms with van der Waals surface area (Å²) in [5, 5.41) is 0. The van der Waals surface area contributed by atoms with Crippen molar-refractivity contribution in [3.63, 3.8) is 0 Å². The van der Waals surface area contributed by atoms with E-state index in [9.17, 15) is 12.8 Å². The van der Waals surface area contributed by atoms with Gasteiger partial charge in [0, 0.05) is 0 Å². The molecule has 0 aromatic rings. The lowest BCUT2D eigenvalue weighted by Crippen LogP contribution is -2.34. The van der Waals surface area contributed by atoms with Crippen molar-refractivity contribution in [3.05, 3.63) is 0 Å². The summed E-state index contributed by atoms with van der Waals surface area (Å²) < 4.78 is 36.0. The number of halogens is 1. The Morgan fingerprint density at radius 1 is 1.50 bits per heavy atom. The minimum absolute atomic E-state index is 0.144. The second kappa shape index (κ2) is 2.98. The fourth-order valence-corrected chi connectivity index (χ4v) is 3.45. The monoisotopic (exact) mass is 194 g/mol. The molecule has 2 nitrogen and oxygen atoms in total. The van der Waals surface area contributed by atoms with Crippen LogP contribution in [-0.4, -0.2) is 25.6 Å². The molecule has 2 atom stereocenters. The summed E-state index contributed by atoms with van der Waals surface area (Å²) in [6.45, 7) is 3.17. The Balaban J connectivity index is 2.88. The third-order valence-corrected chi connectivity index (χ3v) is 4.54. The van der Waals surface area contributed by atoms with E-state index in [1.54, 1.807) is 6.92 Å². The molecule has 0 N–H and O–H groups in total. The van der Waals surface area contributed by atoms with Crippen LogP contribution in [-0.2, 0) is 9.84 Å². The topological polar surface area (TPSA) is 34.1 Å². The lowest BCUT2D eigenvalue weighted by Gasteiger charge is -2.23. The third-order valence-electron chi connectivity index (χ3n) is 2.62. The summed E-state index contributed by atoms with van der Waals surface area (Å²) in [5.41, 5.74) is -1.53. The maximum absolute atomic E-state index is 13.6. The zero-order valence-corrected chi connectivity index (χ0v) is 8.32. The van der Waals surface area contributed by atoms with E-state index in [1.807, 2.05) is 0 Å². The maximum Gasteiger partial charge on any atom is 0.153 e. The molecular weight excluding hydrogens is 179 g/mol. The van der Waals surface area contributed by atoms with Crippen LogP contribution >= 0.6 is 0 Å². The lowest BCUT2D eigenvalue weighted by atomic mass is 9.91. The normalized spacial score (nSPS) is 42.1. The molecule has 0 aromatic heterocycles. The average molecular weight is 194 g/mol. The molecule has 2 unspecified atom stereocenters. The van der Waals surface area contributed by atoms with Gasteiger partial charge in [-0.2, -0.15) is 0 Å². The van der Waals surface area contributed by atoms with Crippen LogP contribution in [0.5, 0.6) is 0 Å². The molecule has 1 aliphatic heterocycles. The van der Waals surface area contributed by atoms with Crippen molar-refractivity contribution in [2.45, 2.75) is 32.4 Å². The molecular formula is C8H15FO2S. The molecule has 0 radical (unpaired) electrons. The Morgan fingerprint density at radius 2 is 2.08 bits per heavy atom. The Kier molecular flexibility index (Phi) is 2.47. The standard InChI is InChI=1S/C8H15FO2S/c1-7-4-3-5-12(10,11)6-8(7,2)9/h7H,3-6H2,1-2H3.